The Kier molecular flexibility index (Phi) is 3.10. The summed E-state index contributed by atoms with van der Waals surface area (Å²) in [6.07, 6.45) is 5.63. The van der Waals surface area contributed by atoms with Crippen LogP contribution in [0.5, 0.6) is 0 Å². The molecule has 2 rings (SSSR count). The van der Waals surface area contributed by atoms with E-state index in [2.05, 4.69) is 33.2 Å². The van der Waals surface area contributed by atoms with Gasteiger partial charge in [0.25, 0.3) is 0 Å². The molecule has 0 bridgehead atoms. The van der Waals surface area contributed by atoms with Crippen molar-refractivity contribution in [3.05, 3.63) is 16.2 Å². The van der Waals surface area contributed by atoms with Crippen LogP contribution in [0.3, 0.4) is 0 Å². The maximum absolute atomic E-state index is 5.79. The molecule has 1 aliphatic carbocycles. The number of anilines is 2. The second-order valence-corrected chi connectivity index (χ2v) is 5.50. The van der Waals surface area contributed by atoms with Gasteiger partial charge in [-0.25, -0.2) is 4.98 Å². The maximum atomic E-state index is 5.79. The first-order valence-corrected chi connectivity index (χ1v) is 6.52. The third-order valence-electron chi connectivity index (χ3n) is 3.64. The summed E-state index contributed by atoms with van der Waals surface area (Å²) in [6.45, 7) is 5.27. The molecule has 0 spiro atoms. The van der Waals surface area contributed by atoms with E-state index in [1.165, 1.54) is 19.3 Å². The van der Waals surface area contributed by atoms with Crippen molar-refractivity contribution < 1.29 is 0 Å². The highest BCUT2D eigenvalue weighted by molar-refractivity contribution is 9.10. The van der Waals surface area contributed by atoms with Crippen molar-refractivity contribution in [3.8, 4) is 0 Å². The SMILES string of the molecule is CCC1(CNc2ncc(N)c(C)c2Br)CC1. The molecule has 1 aromatic heterocycles. The highest BCUT2D eigenvalue weighted by atomic mass is 79.9. The number of nitrogens with zero attached hydrogens (tertiary/aromatic N) is 1. The van der Waals surface area contributed by atoms with Crippen molar-refractivity contribution in [1.82, 2.24) is 4.98 Å². The van der Waals surface area contributed by atoms with Crippen molar-refractivity contribution in [2.75, 3.05) is 17.6 Å². The van der Waals surface area contributed by atoms with Crippen LogP contribution < -0.4 is 11.1 Å². The van der Waals surface area contributed by atoms with Gasteiger partial charge in [-0.2, -0.15) is 0 Å². The molecule has 0 aromatic carbocycles. The fourth-order valence-electron chi connectivity index (χ4n) is 1.82. The van der Waals surface area contributed by atoms with Gasteiger partial charge >= 0.3 is 0 Å². The lowest BCUT2D eigenvalue weighted by Gasteiger charge is -2.16. The van der Waals surface area contributed by atoms with Gasteiger partial charge in [0.1, 0.15) is 5.82 Å². The Morgan fingerprint density at radius 1 is 1.56 bits per heavy atom. The maximum Gasteiger partial charge on any atom is 0.140 e. The summed E-state index contributed by atoms with van der Waals surface area (Å²) in [4.78, 5) is 4.32. The van der Waals surface area contributed by atoms with E-state index >= 15 is 0 Å². The molecule has 1 saturated carbocycles. The zero-order chi connectivity index (χ0) is 11.8. The molecule has 1 aliphatic rings. The zero-order valence-electron chi connectivity index (χ0n) is 9.81. The number of pyridine rings is 1. The Balaban J connectivity index is 2.07. The number of halogens is 1. The predicted octanol–water partition coefficient (Wildman–Crippen LogP) is 3.34. The molecule has 1 heterocycles. The van der Waals surface area contributed by atoms with Crippen molar-refractivity contribution >= 4 is 27.4 Å². The Morgan fingerprint density at radius 2 is 2.25 bits per heavy atom. The fraction of sp³-hybridized carbons (Fsp3) is 0.583. The summed E-state index contributed by atoms with van der Waals surface area (Å²) < 4.78 is 0.986. The Morgan fingerprint density at radius 3 is 2.81 bits per heavy atom. The van der Waals surface area contributed by atoms with Crippen LogP contribution in [0, 0.1) is 12.3 Å². The highest BCUT2D eigenvalue weighted by Crippen LogP contribution is 2.48. The molecular formula is C12H18BrN3. The van der Waals surface area contributed by atoms with Crippen LogP contribution in [0.4, 0.5) is 11.5 Å². The second kappa shape index (κ2) is 4.24. The minimum atomic E-state index is 0.524. The lowest BCUT2D eigenvalue weighted by Crippen LogP contribution is -2.15. The molecule has 0 atom stereocenters. The zero-order valence-corrected chi connectivity index (χ0v) is 11.4. The standard InChI is InChI=1S/C12H18BrN3/c1-3-12(4-5-12)7-16-11-10(13)8(2)9(14)6-15-11/h6H,3-5,7,14H2,1-2H3,(H,15,16). The van der Waals surface area contributed by atoms with Gasteiger partial charge in [-0.15, -0.1) is 0 Å². The van der Waals surface area contributed by atoms with Crippen molar-refractivity contribution in [2.24, 2.45) is 5.41 Å². The minimum Gasteiger partial charge on any atom is -0.397 e. The van der Waals surface area contributed by atoms with Crippen molar-refractivity contribution in [1.29, 1.82) is 0 Å². The van der Waals surface area contributed by atoms with E-state index in [0.29, 0.717) is 5.41 Å². The summed E-state index contributed by atoms with van der Waals surface area (Å²) >= 11 is 3.54. The Labute approximate surface area is 105 Å². The quantitative estimate of drug-likeness (QED) is 0.891. The number of aromatic nitrogens is 1. The molecule has 0 saturated heterocycles. The van der Waals surface area contributed by atoms with Gasteiger partial charge in [-0.3, -0.25) is 0 Å². The summed E-state index contributed by atoms with van der Waals surface area (Å²) in [5.41, 5.74) is 8.10. The minimum absolute atomic E-state index is 0.524. The topological polar surface area (TPSA) is 50.9 Å². The average molecular weight is 284 g/mol. The van der Waals surface area contributed by atoms with Crippen LogP contribution in [0.25, 0.3) is 0 Å². The first-order valence-electron chi connectivity index (χ1n) is 5.72. The summed E-state index contributed by atoms with van der Waals surface area (Å²) in [6, 6.07) is 0. The second-order valence-electron chi connectivity index (χ2n) is 4.71. The molecule has 0 radical (unpaired) electrons. The van der Waals surface area contributed by atoms with Gasteiger partial charge < -0.3 is 11.1 Å². The predicted molar refractivity (Wildman–Crippen MR) is 71.5 cm³/mol. The molecule has 0 amide bonds. The number of hydrogen-bond acceptors (Lipinski definition) is 3. The van der Waals surface area contributed by atoms with Gasteiger partial charge in [-0.1, -0.05) is 6.92 Å². The normalized spacial score (nSPS) is 17.2. The van der Waals surface area contributed by atoms with Crippen molar-refractivity contribution in [3.63, 3.8) is 0 Å². The number of rotatable bonds is 4. The largest absolute Gasteiger partial charge is 0.397 e. The molecule has 3 N–H and O–H groups in total. The monoisotopic (exact) mass is 283 g/mol. The Hall–Kier alpha value is -0.770. The fourth-order valence-corrected chi connectivity index (χ4v) is 2.29. The summed E-state index contributed by atoms with van der Waals surface area (Å²) in [5, 5.41) is 3.42. The molecular weight excluding hydrogens is 266 g/mol. The van der Waals surface area contributed by atoms with Crippen LogP contribution in [-0.4, -0.2) is 11.5 Å². The van der Waals surface area contributed by atoms with Crippen LogP contribution in [-0.2, 0) is 0 Å². The van der Waals surface area contributed by atoms with Gasteiger partial charge in [0.2, 0.25) is 0 Å². The van der Waals surface area contributed by atoms with Gasteiger partial charge in [0, 0.05) is 6.54 Å². The van der Waals surface area contributed by atoms with E-state index in [1.54, 1.807) is 6.20 Å². The molecule has 0 unspecified atom stereocenters. The number of hydrogen-bond donors (Lipinski definition) is 2. The molecule has 16 heavy (non-hydrogen) atoms. The summed E-state index contributed by atoms with van der Waals surface area (Å²) in [5.74, 6) is 0.909. The first kappa shape index (κ1) is 11.7. The number of nitrogens with one attached hydrogen (secondary N) is 1. The van der Waals surface area contributed by atoms with Crippen LogP contribution >= 0.6 is 15.9 Å². The molecule has 3 nitrogen and oxygen atoms in total. The van der Waals surface area contributed by atoms with E-state index in [-0.39, 0.29) is 0 Å². The summed E-state index contributed by atoms with van der Waals surface area (Å²) in [7, 11) is 0. The van der Waals surface area contributed by atoms with E-state index in [9.17, 15) is 0 Å². The number of nitrogen functional groups attached to an aromatic ring is 1. The van der Waals surface area contributed by atoms with E-state index in [4.69, 9.17) is 5.73 Å². The lowest BCUT2D eigenvalue weighted by molar-refractivity contribution is 0.520. The van der Waals surface area contributed by atoms with Crippen LogP contribution in [0.2, 0.25) is 0 Å². The van der Waals surface area contributed by atoms with E-state index in [0.717, 1.165) is 28.1 Å². The molecule has 1 fully saturated rings. The van der Waals surface area contributed by atoms with Gasteiger partial charge in [0.05, 0.1) is 16.4 Å². The highest BCUT2D eigenvalue weighted by Gasteiger charge is 2.40. The van der Waals surface area contributed by atoms with Crippen LogP contribution in [0.15, 0.2) is 10.7 Å². The smallest absolute Gasteiger partial charge is 0.140 e. The molecule has 88 valence electrons. The third kappa shape index (κ3) is 2.17. The molecule has 1 aromatic rings. The Bertz CT molecular complexity index is 399. The van der Waals surface area contributed by atoms with E-state index < -0.39 is 0 Å². The lowest BCUT2D eigenvalue weighted by atomic mass is 10.0. The molecule has 0 aliphatic heterocycles. The first-order chi connectivity index (χ1) is 7.58. The van der Waals surface area contributed by atoms with Gasteiger partial charge in [-0.05, 0) is 53.1 Å². The third-order valence-corrected chi connectivity index (χ3v) is 4.61. The molecule has 4 heteroatoms. The van der Waals surface area contributed by atoms with Gasteiger partial charge in [0.15, 0.2) is 0 Å². The van der Waals surface area contributed by atoms with E-state index in [1.807, 2.05) is 6.92 Å². The van der Waals surface area contributed by atoms with Crippen LogP contribution in [0.1, 0.15) is 31.7 Å². The number of nitrogens with two attached hydrogens (primary N) is 1. The average Bonchev–Trinajstić information content (AvgIpc) is 3.06. The van der Waals surface area contributed by atoms with Crippen molar-refractivity contribution in [2.45, 2.75) is 33.1 Å².